The van der Waals surface area contributed by atoms with E-state index in [4.69, 9.17) is 9.15 Å². The number of aromatic nitrogens is 1. The zero-order valence-electron chi connectivity index (χ0n) is 17.8. The molecule has 0 fully saturated rings. The maximum Gasteiger partial charge on any atom is 0.304 e. The molecule has 0 aliphatic rings. The van der Waals surface area contributed by atoms with Gasteiger partial charge in [-0.3, -0.25) is 4.79 Å². The van der Waals surface area contributed by atoms with Gasteiger partial charge in [-0.2, -0.15) is 5.26 Å². The summed E-state index contributed by atoms with van der Waals surface area (Å²) in [5.41, 5.74) is 1.52. The molecule has 7 heteroatoms. The molecule has 0 amide bonds. The number of aliphatic carboxylic acids is 1. The van der Waals surface area contributed by atoms with Gasteiger partial charge in [0.1, 0.15) is 17.3 Å². The Balaban J connectivity index is 2.17. The molecule has 0 aliphatic heterocycles. The molecule has 0 saturated heterocycles. The van der Waals surface area contributed by atoms with Crippen LogP contribution in [0.25, 0.3) is 11.1 Å². The van der Waals surface area contributed by atoms with Crippen molar-refractivity contribution in [1.29, 1.82) is 5.26 Å². The Morgan fingerprint density at radius 1 is 1.32 bits per heavy atom. The predicted octanol–water partition coefficient (Wildman–Crippen LogP) is 5.21. The van der Waals surface area contributed by atoms with Crippen LogP contribution in [0.2, 0.25) is 0 Å². The Kier molecular flexibility index (Phi) is 6.11. The van der Waals surface area contributed by atoms with Crippen LogP contribution in [0.5, 0.6) is 5.75 Å². The van der Waals surface area contributed by atoms with E-state index in [0.717, 1.165) is 5.56 Å². The van der Waals surface area contributed by atoms with Crippen LogP contribution in [-0.4, -0.2) is 23.2 Å². The summed E-state index contributed by atoms with van der Waals surface area (Å²) < 4.78 is 25.7. The van der Waals surface area contributed by atoms with Crippen molar-refractivity contribution in [3.8, 4) is 22.9 Å². The van der Waals surface area contributed by atoms with Crippen molar-refractivity contribution in [2.45, 2.75) is 38.5 Å². The number of ether oxygens (including phenoxy) is 1. The van der Waals surface area contributed by atoms with E-state index in [-0.39, 0.29) is 12.3 Å². The Morgan fingerprint density at radius 3 is 2.65 bits per heavy atom. The van der Waals surface area contributed by atoms with Gasteiger partial charge in [0.2, 0.25) is 5.89 Å². The number of hydrogen-bond donors (Lipinski definition) is 1. The lowest BCUT2D eigenvalue weighted by molar-refractivity contribution is -0.137. The molecule has 0 bridgehead atoms. The molecule has 3 aromatic rings. The van der Waals surface area contributed by atoms with Crippen molar-refractivity contribution >= 4 is 5.97 Å². The van der Waals surface area contributed by atoms with Crippen LogP contribution >= 0.6 is 0 Å². The fourth-order valence-electron chi connectivity index (χ4n) is 3.41. The van der Waals surface area contributed by atoms with Gasteiger partial charge in [-0.25, -0.2) is 9.37 Å². The number of benzene rings is 2. The summed E-state index contributed by atoms with van der Waals surface area (Å²) in [6.45, 7) is 5.30. The van der Waals surface area contributed by atoms with Crippen molar-refractivity contribution in [1.82, 2.24) is 4.98 Å². The van der Waals surface area contributed by atoms with E-state index in [1.54, 1.807) is 45.0 Å². The molecular weight excluding hydrogens is 399 g/mol. The summed E-state index contributed by atoms with van der Waals surface area (Å²) in [4.78, 5) is 15.6. The Labute approximate surface area is 179 Å². The number of rotatable bonds is 7. The average molecular weight is 422 g/mol. The number of carboxylic acid groups (broad SMARTS) is 1. The monoisotopic (exact) mass is 422 g/mol. The molecule has 1 heterocycles. The van der Waals surface area contributed by atoms with Crippen LogP contribution in [0.3, 0.4) is 0 Å². The van der Waals surface area contributed by atoms with Crippen molar-refractivity contribution in [2.24, 2.45) is 0 Å². The number of hydrogen-bond acceptors (Lipinski definition) is 5. The number of aryl methyl sites for hydroxylation is 1. The van der Waals surface area contributed by atoms with E-state index in [9.17, 15) is 19.6 Å². The number of halogens is 1. The molecule has 1 atom stereocenters. The topological polar surface area (TPSA) is 96.3 Å². The molecule has 1 unspecified atom stereocenters. The largest absolute Gasteiger partial charge is 0.496 e. The third-order valence-electron chi connectivity index (χ3n) is 5.15. The van der Waals surface area contributed by atoms with E-state index < -0.39 is 23.1 Å². The summed E-state index contributed by atoms with van der Waals surface area (Å²) in [7, 11) is 1.51. The van der Waals surface area contributed by atoms with Gasteiger partial charge in [-0.15, -0.1) is 0 Å². The van der Waals surface area contributed by atoms with E-state index >= 15 is 0 Å². The zero-order valence-corrected chi connectivity index (χ0v) is 17.8. The molecule has 6 nitrogen and oxygen atoms in total. The smallest absolute Gasteiger partial charge is 0.304 e. The second-order valence-electron chi connectivity index (χ2n) is 7.88. The van der Waals surface area contributed by atoms with Gasteiger partial charge in [0.05, 0.1) is 37.1 Å². The van der Waals surface area contributed by atoms with Gasteiger partial charge < -0.3 is 14.3 Å². The molecule has 1 aromatic heterocycles. The maximum absolute atomic E-state index is 14.7. The fraction of sp³-hybridized carbons (Fsp3) is 0.292. The van der Waals surface area contributed by atoms with E-state index in [0.29, 0.717) is 28.2 Å². The summed E-state index contributed by atoms with van der Waals surface area (Å²) in [5, 5.41) is 18.9. The van der Waals surface area contributed by atoms with Gasteiger partial charge in [0.25, 0.3) is 0 Å². The third-order valence-corrected chi connectivity index (χ3v) is 5.15. The number of oxazole rings is 1. The normalized spacial score (nSPS) is 12.3. The number of nitriles is 1. The SMILES string of the molecule is COc1ccc(C(C)(C)C#N)cc1-c1cc(F)cc(C(CC(=O)O)c2ncc(C)o2)c1. The van der Waals surface area contributed by atoms with Gasteiger partial charge in [0, 0.05) is 5.56 Å². The molecule has 2 aromatic carbocycles. The van der Waals surface area contributed by atoms with Crippen LogP contribution in [-0.2, 0) is 10.2 Å². The summed E-state index contributed by atoms with van der Waals surface area (Å²) in [6.07, 6.45) is 1.20. The minimum Gasteiger partial charge on any atom is -0.496 e. The minimum atomic E-state index is -1.05. The molecule has 31 heavy (non-hydrogen) atoms. The summed E-state index contributed by atoms with van der Waals surface area (Å²) in [6, 6.07) is 11.9. The molecule has 0 radical (unpaired) electrons. The van der Waals surface area contributed by atoms with Gasteiger partial charge >= 0.3 is 5.97 Å². The van der Waals surface area contributed by atoms with E-state index in [2.05, 4.69) is 11.1 Å². The van der Waals surface area contributed by atoms with Gasteiger partial charge in [-0.05, 0) is 67.8 Å². The molecule has 0 aliphatic carbocycles. The van der Waals surface area contributed by atoms with E-state index in [1.165, 1.54) is 25.4 Å². The molecule has 0 spiro atoms. The summed E-state index contributed by atoms with van der Waals surface area (Å²) in [5.74, 6) is -1.08. The van der Waals surface area contributed by atoms with Crippen LogP contribution in [0.4, 0.5) is 4.39 Å². The van der Waals surface area contributed by atoms with Gasteiger partial charge in [0.15, 0.2) is 0 Å². The van der Waals surface area contributed by atoms with Crippen molar-refractivity contribution < 1.29 is 23.4 Å². The first-order chi connectivity index (χ1) is 14.6. The zero-order chi connectivity index (χ0) is 22.8. The Hall–Kier alpha value is -3.66. The summed E-state index contributed by atoms with van der Waals surface area (Å²) >= 11 is 0. The molecule has 0 saturated carbocycles. The van der Waals surface area contributed by atoms with Gasteiger partial charge in [-0.1, -0.05) is 6.07 Å². The lowest BCUT2D eigenvalue weighted by atomic mass is 9.84. The minimum absolute atomic E-state index is 0.211. The number of carbonyl (C=O) groups is 1. The second kappa shape index (κ2) is 8.60. The molecule has 1 N–H and O–H groups in total. The van der Waals surface area contributed by atoms with Crippen LogP contribution in [0.15, 0.2) is 47.0 Å². The number of nitrogens with zero attached hydrogens (tertiary/aromatic N) is 2. The first-order valence-electron chi connectivity index (χ1n) is 9.69. The lowest BCUT2D eigenvalue weighted by Gasteiger charge is -2.19. The predicted molar refractivity (Wildman–Crippen MR) is 112 cm³/mol. The van der Waals surface area contributed by atoms with Crippen LogP contribution in [0.1, 0.15) is 49.0 Å². The fourth-order valence-corrected chi connectivity index (χ4v) is 3.41. The highest BCUT2D eigenvalue weighted by Crippen LogP contribution is 2.37. The molecule has 160 valence electrons. The average Bonchev–Trinajstić information content (AvgIpc) is 3.16. The molecule has 3 rings (SSSR count). The van der Waals surface area contributed by atoms with E-state index in [1.807, 2.05) is 0 Å². The maximum atomic E-state index is 14.7. The first-order valence-corrected chi connectivity index (χ1v) is 9.69. The first kappa shape index (κ1) is 22.0. The quantitative estimate of drug-likeness (QED) is 0.562. The van der Waals surface area contributed by atoms with Crippen LogP contribution in [0, 0.1) is 24.1 Å². The van der Waals surface area contributed by atoms with Crippen molar-refractivity contribution in [3.05, 3.63) is 71.2 Å². The van der Waals surface area contributed by atoms with Crippen molar-refractivity contribution in [2.75, 3.05) is 7.11 Å². The number of carboxylic acids is 1. The number of methoxy groups -OCH3 is 1. The Morgan fingerprint density at radius 2 is 2.06 bits per heavy atom. The highest BCUT2D eigenvalue weighted by atomic mass is 19.1. The highest BCUT2D eigenvalue weighted by Gasteiger charge is 2.25. The van der Waals surface area contributed by atoms with Crippen LogP contribution < -0.4 is 4.74 Å². The molecular formula is C24H23FN2O4. The highest BCUT2D eigenvalue weighted by molar-refractivity contribution is 5.73. The standard InChI is InChI=1S/C24H23FN2O4/c1-14-12-27-23(31-14)20(11-22(28)29)16-7-15(8-18(25)9-16)19-10-17(24(2,3)13-26)5-6-21(19)30-4/h5-10,12,20H,11H2,1-4H3,(H,28,29). The lowest BCUT2D eigenvalue weighted by Crippen LogP contribution is -2.14. The second-order valence-corrected chi connectivity index (χ2v) is 7.88. The van der Waals surface area contributed by atoms with Crippen molar-refractivity contribution in [3.63, 3.8) is 0 Å². The Bertz CT molecular complexity index is 1160. The third kappa shape index (κ3) is 4.75.